The molecule has 6 heteroatoms. The monoisotopic (exact) mass is 640 g/mol. The second-order valence-corrected chi connectivity index (χ2v) is 11.2. The van der Waals surface area contributed by atoms with Crippen LogP contribution in [0.2, 0.25) is 0 Å². The third kappa shape index (κ3) is 8.28. The predicted molar refractivity (Wildman–Crippen MR) is 166 cm³/mol. The van der Waals surface area contributed by atoms with E-state index in [0.29, 0.717) is 24.2 Å². The minimum absolute atomic E-state index is 0.0255. The maximum Gasteiger partial charge on any atom is 0.259 e. The van der Waals surface area contributed by atoms with Crippen molar-refractivity contribution in [2.75, 3.05) is 22.9 Å². The van der Waals surface area contributed by atoms with Gasteiger partial charge in [-0.3, -0.25) is 9.59 Å². The fraction of sp³-hybridized carbons (Fsp3) is 0.375. The molecule has 0 spiro atoms. The Bertz CT molecular complexity index is 1090. The SMILES string of the molecule is CCCCCCN(C(=O)c1ccccc1Br)c1ccc(N(CCCCCC)C(=O)c2ccccc2Br)cc1. The number of rotatable bonds is 14. The molecule has 38 heavy (non-hydrogen) atoms. The Morgan fingerprint density at radius 2 is 0.921 bits per heavy atom. The topological polar surface area (TPSA) is 40.6 Å². The average molecular weight is 642 g/mol. The van der Waals surface area contributed by atoms with Gasteiger partial charge in [0.1, 0.15) is 0 Å². The van der Waals surface area contributed by atoms with Crippen LogP contribution in [-0.4, -0.2) is 24.9 Å². The van der Waals surface area contributed by atoms with Crippen LogP contribution in [0.5, 0.6) is 0 Å². The highest BCUT2D eigenvalue weighted by Gasteiger charge is 2.22. The molecular formula is C32H38Br2N2O2. The fourth-order valence-electron chi connectivity index (χ4n) is 4.46. The molecule has 0 radical (unpaired) electrons. The molecule has 0 unspecified atom stereocenters. The van der Waals surface area contributed by atoms with Gasteiger partial charge in [0.05, 0.1) is 11.1 Å². The molecule has 4 nitrogen and oxygen atoms in total. The molecule has 0 saturated carbocycles. The van der Waals surface area contributed by atoms with Crippen LogP contribution in [0.15, 0.2) is 81.7 Å². The Balaban J connectivity index is 1.89. The van der Waals surface area contributed by atoms with Crippen molar-refractivity contribution in [3.8, 4) is 0 Å². The number of halogens is 2. The van der Waals surface area contributed by atoms with E-state index < -0.39 is 0 Å². The van der Waals surface area contributed by atoms with Gasteiger partial charge >= 0.3 is 0 Å². The first-order valence-electron chi connectivity index (χ1n) is 13.7. The van der Waals surface area contributed by atoms with Gasteiger partial charge in [0.2, 0.25) is 0 Å². The van der Waals surface area contributed by atoms with Crippen molar-refractivity contribution in [1.82, 2.24) is 0 Å². The number of amides is 2. The van der Waals surface area contributed by atoms with E-state index in [4.69, 9.17) is 0 Å². The van der Waals surface area contributed by atoms with Gasteiger partial charge in [-0.2, -0.15) is 0 Å². The van der Waals surface area contributed by atoms with Gasteiger partial charge < -0.3 is 9.80 Å². The quantitative estimate of drug-likeness (QED) is 0.164. The highest BCUT2D eigenvalue weighted by Crippen LogP contribution is 2.28. The van der Waals surface area contributed by atoms with Gasteiger partial charge in [-0.05, 0) is 93.2 Å². The lowest BCUT2D eigenvalue weighted by atomic mass is 10.1. The molecule has 2 amide bonds. The number of nitrogens with zero attached hydrogens (tertiary/aromatic N) is 2. The number of carbonyl (C=O) groups is 2. The van der Waals surface area contributed by atoms with Crippen LogP contribution in [-0.2, 0) is 0 Å². The average Bonchev–Trinajstić information content (AvgIpc) is 2.93. The molecular weight excluding hydrogens is 604 g/mol. The van der Waals surface area contributed by atoms with Crippen molar-refractivity contribution in [1.29, 1.82) is 0 Å². The number of anilines is 2. The van der Waals surface area contributed by atoms with E-state index in [9.17, 15) is 9.59 Å². The molecule has 0 saturated heterocycles. The van der Waals surface area contributed by atoms with Crippen molar-refractivity contribution in [2.45, 2.75) is 65.2 Å². The van der Waals surface area contributed by atoms with Gasteiger partial charge in [0.25, 0.3) is 11.8 Å². The summed E-state index contributed by atoms with van der Waals surface area (Å²) in [7, 11) is 0. The van der Waals surface area contributed by atoms with Crippen molar-refractivity contribution in [3.63, 3.8) is 0 Å². The van der Waals surface area contributed by atoms with Crippen LogP contribution in [0.3, 0.4) is 0 Å². The lowest BCUT2D eigenvalue weighted by Gasteiger charge is -2.26. The van der Waals surface area contributed by atoms with Crippen LogP contribution >= 0.6 is 31.9 Å². The first-order valence-corrected chi connectivity index (χ1v) is 15.3. The van der Waals surface area contributed by atoms with E-state index in [1.165, 1.54) is 0 Å². The molecule has 0 aliphatic carbocycles. The Labute approximate surface area is 244 Å². The van der Waals surface area contributed by atoms with E-state index in [2.05, 4.69) is 45.7 Å². The van der Waals surface area contributed by atoms with Crippen molar-refractivity contribution in [2.24, 2.45) is 0 Å². The second kappa shape index (κ2) is 15.8. The molecule has 0 aliphatic rings. The van der Waals surface area contributed by atoms with E-state index in [1.54, 1.807) is 0 Å². The van der Waals surface area contributed by atoms with Crippen LogP contribution in [0, 0.1) is 0 Å². The molecule has 0 fully saturated rings. The summed E-state index contributed by atoms with van der Waals surface area (Å²) in [6.45, 7) is 5.67. The lowest BCUT2D eigenvalue weighted by Crippen LogP contribution is -2.33. The molecule has 0 aliphatic heterocycles. The number of unbranched alkanes of at least 4 members (excludes halogenated alkanes) is 6. The van der Waals surface area contributed by atoms with Gasteiger partial charge in [-0.1, -0.05) is 76.6 Å². The van der Waals surface area contributed by atoms with E-state index in [1.807, 2.05) is 82.6 Å². The molecule has 0 aromatic heterocycles. The van der Waals surface area contributed by atoms with E-state index >= 15 is 0 Å². The molecule has 3 aromatic rings. The minimum Gasteiger partial charge on any atom is -0.308 e. The lowest BCUT2D eigenvalue weighted by molar-refractivity contribution is 0.0977. The Morgan fingerprint density at radius 1 is 0.553 bits per heavy atom. The highest BCUT2D eigenvalue weighted by atomic mass is 79.9. The summed E-state index contributed by atoms with van der Waals surface area (Å²) in [6, 6.07) is 23.0. The summed E-state index contributed by atoms with van der Waals surface area (Å²) in [5.74, 6) is -0.0510. The Morgan fingerprint density at radius 3 is 1.26 bits per heavy atom. The summed E-state index contributed by atoms with van der Waals surface area (Å²) >= 11 is 7.09. The van der Waals surface area contributed by atoms with Crippen LogP contribution in [0.4, 0.5) is 11.4 Å². The third-order valence-corrected chi connectivity index (χ3v) is 8.03. The predicted octanol–water partition coefficient (Wildman–Crippen LogP) is 9.67. The maximum atomic E-state index is 13.6. The number of benzene rings is 3. The van der Waals surface area contributed by atoms with Crippen molar-refractivity contribution >= 4 is 55.0 Å². The van der Waals surface area contributed by atoms with E-state index in [0.717, 1.165) is 71.7 Å². The van der Waals surface area contributed by atoms with Gasteiger partial charge in [0.15, 0.2) is 0 Å². The molecule has 3 aromatic carbocycles. The standard InChI is InChI=1S/C32H38Br2N2O2/c1-3-5-7-13-23-35(31(37)27-15-9-11-17-29(27)33)25-19-21-26(22-20-25)36(24-14-8-6-4-2)32(38)28-16-10-12-18-30(28)34/h9-12,15-22H,3-8,13-14,23-24H2,1-2H3. The van der Waals surface area contributed by atoms with Gasteiger partial charge in [-0.25, -0.2) is 0 Å². The summed E-state index contributed by atoms with van der Waals surface area (Å²) in [5.41, 5.74) is 2.97. The molecule has 0 N–H and O–H groups in total. The summed E-state index contributed by atoms with van der Waals surface area (Å²) < 4.78 is 1.58. The van der Waals surface area contributed by atoms with E-state index in [-0.39, 0.29) is 11.8 Å². The molecule has 0 heterocycles. The number of hydrogen-bond donors (Lipinski definition) is 0. The molecule has 0 bridgehead atoms. The fourth-order valence-corrected chi connectivity index (χ4v) is 5.37. The molecule has 3 rings (SSSR count). The Kier molecular flexibility index (Phi) is 12.6. The number of carbonyl (C=O) groups excluding carboxylic acids is 2. The van der Waals surface area contributed by atoms with Crippen molar-refractivity contribution in [3.05, 3.63) is 92.9 Å². The van der Waals surface area contributed by atoms with Crippen LogP contribution in [0.1, 0.15) is 85.9 Å². The number of hydrogen-bond acceptors (Lipinski definition) is 2. The summed E-state index contributed by atoms with van der Waals surface area (Å²) in [4.78, 5) is 30.9. The first-order chi connectivity index (χ1) is 18.5. The molecule has 0 atom stereocenters. The van der Waals surface area contributed by atoms with Crippen LogP contribution < -0.4 is 9.80 Å². The van der Waals surface area contributed by atoms with Crippen molar-refractivity contribution < 1.29 is 9.59 Å². The smallest absolute Gasteiger partial charge is 0.259 e. The highest BCUT2D eigenvalue weighted by molar-refractivity contribution is 9.10. The largest absolute Gasteiger partial charge is 0.308 e. The Hall–Kier alpha value is -2.44. The van der Waals surface area contributed by atoms with Gasteiger partial charge in [-0.15, -0.1) is 0 Å². The maximum absolute atomic E-state index is 13.6. The second-order valence-electron chi connectivity index (χ2n) is 9.51. The van der Waals surface area contributed by atoms with Crippen LogP contribution in [0.25, 0.3) is 0 Å². The normalized spacial score (nSPS) is 10.8. The van der Waals surface area contributed by atoms with Gasteiger partial charge in [0, 0.05) is 33.4 Å². The molecule has 202 valence electrons. The first kappa shape index (κ1) is 30.1. The summed E-state index contributed by atoms with van der Waals surface area (Å²) in [6.07, 6.45) is 8.64. The zero-order chi connectivity index (χ0) is 27.3. The zero-order valence-electron chi connectivity index (χ0n) is 22.5. The minimum atomic E-state index is -0.0255. The third-order valence-electron chi connectivity index (χ3n) is 6.64. The zero-order valence-corrected chi connectivity index (χ0v) is 25.6. The summed E-state index contributed by atoms with van der Waals surface area (Å²) in [5, 5.41) is 0.